The standard InChI is InChI=1S/C12H17N3O3/c1-8(2)12(3,11(17)18)7-10(16)14-9-5-4-6-13-15-9/h4-6,8H,7H2,1-3H3,(H,17,18)(H,14,15,16). The molecule has 1 heterocycles. The Bertz CT molecular complexity index is 433. The second-order valence-corrected chi connectivity index (χ2v) is 4.71. The Labute approximate surface area is 105 Å². The minimum Gasteiger partial charge on any atom is -0.481 e. The van der Waals surface area contributed by atoms with Crippen LogP contribution in [0.4, 0.5) is 5.82 Å². The van der Waals surface area contributed by atoms with E-state index in [-0.39, 0.29) is 18.2 Å². The van der Waals surface area contributed by atoms with Gasteiger partial charge < -0.3 is 10.4 Å². The normalized spacial score (nSPS) is 14.0. The Hall–Kier alpha value is -1.98. The van der Waals surface area contributed by atoms with E-state index in [0.717, 1.165) is 0 Å². The van der Waals surface area contributed by atoms with Gasteiger partial charge in [-0.05, 0) is 25.0 Å². The fraction of sp³-hybridized carbons (Fsp3) is 0.500. The first kappa shape index (κ1) is 14.1. The summed E-state index contributed by atoms with van der Waals surface area (Å²) in [7, 11) is 0. The Morgan fingerprint density at radius 3 is 2.61 bits per heavy atom. The average Bonchev–Trinajstić information content (AvgIpc) is 2.29. The van der Waals surface area contributed by atoms with E-state index in [9.17, 15) is 14.7 Å². The Morgan fingerprint density at radius 2 is 2.17 bits per heavy atom. The molecule has 1 atom stereocenters. The summed E-state index contributed by atoms with van der Waals surface area (Å²) in [4.78, 5) is 23.0. The number of nitrogens with one attached hydrogen (secondary N) is 1. The maximum atomic E-state index is 11.8. The number of aromatic nitrogens is 2. The molecule has 1 amide bonds. The lowest BCUT2D eigenvalue weighted by molar-refractivity contribution is -0.153. The van der Waals surface area contributed by atoms with Gasteiger partial charge in [-0.15, -0.1) is 5.10 Å². The van der Waals surface area contributed by atoms with Crippen LogP contribution in [0.15, 0.2) is 18.3 Å². The molecule has 18 heavy (non-hydrogen) atoms. The van der Waals surface area contributed by atoms with Gasteiger partial charge in [-0.25, -0.2) is 0 Å². The van der Waals surface area contributed by atoms with E-state index in [1.165, 1.54) is 6.20 Å². The highest BCUT2D eigenvalue weighted by Gasteiger charge is 2.38. The lowest BCUT2D eigenvalue weighted by Crippen LogP contribution is -2.37. The van der Waals surface area contributed by atoms with Crippen LogP contribution in [0.2, 0.25) is 0 Å². The van der Waals surface area contributed by atoms with Crippen molar-refractivity contribution in [3.8, 4) is 0 Å². The van der Waals surface area contributed by atoms with Crippen LogP contribution < -0.4 is 5.32 Å². The molecule has 6 nitrogen and oxygen atoms in total. The van der Waals surface area contributed by atoms with Gasteiger partial charge in [0.1, 0.15) is 0 Å². The summed E-state index contributed by atoms with van der Waals surface area (Å²) in [5.41, 5.74) is -1.09. The van der Waals surface area contributed by atoms with Gasteiger partial charge in [0.25, 0.3) is 0 Å². The molecule has 0 spiro atoms. The molecular weight excluding hydrogens is 234 g/mol. The Kier molecular flexibility index (Phi) is 4.36. The highest BCUT2D eigenvalue weighted by atomic mass is 16.4. The molecule has 1 aromatic rings. The lowest BCUT2D eigenvalue weighted by atomic mass is 9.76. The summed E-state index contributed by atoms with van der Waals surface area (Å²) in [5, 5.41) is 19.1. The molecule has 0 radical (unpaired) electrons. The van der Waals surface area contributed by atoms with Gasteiger partial charge >= 0.3 is 5.97 Å². The second kappa shape index (κ2) is 5.57. The number of carbonyl (C=O) groups excluding carboxylic acids is 1. The molecule has 0 aliphatic rings. The summed E-state index contributed by atoms with van der Waals surface area (Å²) >= 11 is 0. The van der Waals surface area contributed by atoms with E-state index in [4.69, 9.17) is 0 Å². The first-order valence-corrected chi connectivity index (χ1v) is 5.67. The topological polar surface area (TPSA) is 92.2 Å². The fourth-order valence-electron chi connectivity index (χ4n) is 1.42. The van der Waals surface area contributed by atoms with Crippen LogP contribution in [-0.4, -0.2) is 27.2 Å². The largest absolute Gasteiger partial charge is 0.481 e. The second-order valence-electron chi connectivity index (χ2n) is 4.71. The average molecular weight is 251 g/mol. The molecule has 1 unspecified atom stereocenters. The number of anilines is 1. The number of amides is 1. The number of hydrogen-bond acceptors (Lipinski definition) is 4. The maximum Gasteiger partial charge on any atom is 0.310 e. The molecule has 1 aromatic heterocycles. The van der Waals surface area contributed by atoms with E-state index < -0.39 is 11.4 Å². The number of rotatable bonds is 5. The number of carbonyl (C=O) groups is 2. The maximum absolute atomic E-state index is 11.8. The quantitative estimate of drug-likeness (QED) is 0.828. The van der Waals surface area contributed by atoms with Crippen LogP contribution in [0.1, 0.15) is 27.2 Å². The molecule has 0 fully saturated rings. The van der Waals surface area contributed by atoms with Gasteiger partial charge in [-0.3, -0.25) is 9.59 Å². The molecule has 0 aliphatic carbocycles. The number of aliphatic carboxylic acids is 1. The minimum atomic E-state index is -1.09. The summed E-state index contributed by atoms with van der Waals surface area (Å²) in [6.45, 7) is 5.13. The number of hydrogen-bond donors (Lipinski definition) is 2. The van der Waals surface area contributed by atoms with E-state index >= 15 is 0 Å². The van der Waals surface area contributed by atoms with Gasteiger partial charge in [0.2, 0.25) is 5.91 Å². The van der Waals surface area contributed by atoms with E-state index in [0.29, 0.717) is 5.82 Å². The molecule has 6 heteroatoms. The summed E-state index contributed by atoms with van der Waals surface area (Å²) in [5.74, 6) is -1.19. The van der Waals surface area contributed by atoms with Crippen LogP contribution in [0.3, 0.4) is 0 Å². The predicted octanol–water partition coefficient (Wildman–Crippen LogP) is 1.55. The van der Waals surface area contributed by atoms with Crippen molar-refractivity contribution < 1.29 is 14.7 Å². The monoisotopic (exact) mass is 251 g/mol. The third-order valence-electron chi connectivity index (χ3n) is 3.13. The zero-order valence-corrected chi connectivity index (χ0v) is 10.7. The van der Waals surface area contributed by atoms with Crippen LogP contribution in [-0.2, 0) is 9.59 Å². The van der Waals surface area contributed by atoms with Crippen molar-refractivity contribution in [1.29, 1.82) is 0 Å². The van der Waals surface area contributed by atoms with Gasteiger partial charge in [-0.1, -0.05) is 13.8 Å². The van der Waals surface area contributed by atoms with Crippen LogP contribution in [0.25, 0.3) is 0 Å². The fourth-order valence-corrected chi connectivity index (χ4v) is 1.42. The highest BCUT2D eigenvalue weighted by molar-refractivity contribution is 5.93. The molecule has 0 saturated carbocycles. The zero-order valence-electron chi connectivity index (χ0n) is 10.7. The van der Waals surface area contributed by atoms with Crippen molar-refractivity contribution in [3.05, 3.63) is 18.3 Å². The molecule has 1 rings (SSSR count). The third kappa shape index (κ3) is 3.26. The van der Waals surface area contributed by atoms with Gasteiger partial charge in [0.05, 0.1) is 5.41 Å². The molecule has 0 aromatic carbocycles. The summed E-state index contributed by atoms with van der Waals surface area (Å²) in [6, 6.07) is 3.24. The molecule has 2 N–H and O–H groups in total. The number of carboxylic acid groups (broad SMARTS) is 1. The first-order valence-electron chi connectivity index (χ1n) is 5.67. The van der Waals surface area contributed by atoms with Crippen LogP contribution in [0.5, 0.6) is 0 Å². The Morgan fingerprint density at radius 1 is 1.50 bits per heavy atom. The SMILES string of the molecule is CC(C)C(C)(CC(=O)Nc1cccnn1)C(=O)O. The van der Waals surface area contributed by atoms with Crippen molar-refractivity contribution in [2.45, 2.75) is 27.2 Å². The van der Waals surface area contributed by atoms with Gasteiger partial charge in [-0.2, -0.15) is 5.10 Å². The number of nitrogens with zero attached hydrogens (tertiary/aromatic N) is 2. The zero-order chi connectivity index (χ0) is 13.8. The molecule has 98 valence electrons. The molecule has 0 aliphatic heterocycles. The minimum absolute atomic E-state index is 0.101. The van der Waals surface area contributed by atoms with Crippen LogP contribution >= 0.6 is 0 Å². The highest BCUT2D eigenvalue weighted by Crippen LogP contribution is 2.31. The third-order valence-corrected chi connectivity index (χ3v) is 3.13. The van der Waals surface area contributed by atoms with E-state index in [1.54, 1.807) is 32.9 Å². The van der Waals surface area contributed by atoms with Crippen molar-refractivity contribution in [1.82, 2.24) is 10.2 Å². The van der Waals surface area contributed by atoms with Crippen molar-refractivity contribution in [3.63, 3.8) is 0 Å². The summed E-state index contributed by atoms with van der Waals surface area (Å²) < 4.78 is 0. The molecular formula is C12H17N3O3. The van der Waals surface area contributed by atoms with Gasteiger partial charge in [0.15, 0.2) is 5.82 Å². The van der Waals surface area contributed by atoms with Crippen molar-refractivity contribution >= 4 is 17.7 Å². The molecule has 0 bridgehead atoms. The smallest absolute Gasteiger partial charge is 0.310 e. The van der Waals surface area contributed by atoms with Crippen LogP contribution in [0, 0.1) is 11.3 Å². The first-order chi connectivity index (χ1) is 8.36. The summed E-state index contributed by atoms with van der Waals surface area (Å²) in [6.07, 6.45) is 1.39. The molecule has 0 saturated heterocycles. The predicted molar refractivity (Wildman–Crippen MR) is 65.9 cm³/mol. The number of carboxylic acids is 1. The van der Waals surface area contributed by atoms with Crippen molar-refractivity contribution in [2.75, 3.05) is 5.32 Å². The van der Waals surface area contributed by atoms with Crippen molar-refractivity contribution in [2.24, 2.45) is 11.3 Å². The van der Waals surface area contributed by atoms with E-state index in [2.05, 4.69) is 15.5 Å². The lowest BCUT2D eigenvalue weighted by Gasteiger charge is -2.28. The Balaban J connectivity index is 2.72. The van der Waals surface area contributed by atoms with Gasteiger partial charge in [0, 0.05) is 12.6 Å². The van der Waals surface area contributed by atoms with E-state index in [1.807, 2.05) is 0 Å².